The van der Waals surface area contributed by atoms with E-state index >= 15 is 0 Å². The van der Waals surface area contributed by atoms with Crippen LogP contribution < -0.4 is 11.1 Å². The van der Waals surface area contributed by atoms with Crippen molar-refractivity contribution in [2.45, 2.75) is 19.9 Å². The van der Waals surface area contributed by atoms with Crippen LogP contribution in [0.1, 0.15) is 13.8 Å². The molecule has 1 aromatic rings. The smallest absolute Gasteiger partial charge is 0.0576 e. The summed E-state index contributed by atoms with van der Waals surface area (Å²) in [6, 6.07) is 6.56. The molecule has 0 aromatic heterocycles. The number of rotatable bonds is 5. The number of thioether (sulfide) groups is 1. The molecule has 0 bridgehead atoms. The molecule has 0 saturated carbocycles. The van der Waals surface area contributed by atoms with Crippen LogP contribution in [-0.4, -0.2) is 17.5 Å². The molecule has 0 radical (unpaired) electrons. The van der Waals surface area contributed by atoms with Crippen LogP contribution in [0.5, 0.6) is 0 Å². The Morgan fingerprint density at radius 1 is 1.53 bits per heavy atom. The molecule has 1 aromatic carbocycles. The second kappa shape index (κ2) is 6.48. The average Bonchev–Trinajstić information content (AvgIpc) is 2.19. The molecule has 1 unspecified atom stereocenters. The third kappa shape index (κ3) is 4.51. The van der Waals surface area contributed by atoms with E-state index in [0.717, 1.165) is 22.9 Å². The van der Waals surface area contributed by atoms with Crippen molar-refractivity contribution in [3.63, 3.8) is 0 Å². The standard InChI is InChI=1S/C11H17IN2S/c1-3-15-7-8(2)14-11-5-4-9(12)6-10(11)13/h4-6,8,14H,3,7,13H2,1-2H3. The average molecular weight is 336 g/mol. The number of benzene rings is 1. The second-order valence-electron chi connectivity index (χ2n) is 3.44. The summed E-state index contributed by atoms with van der Waals surface area (Å²) in [5.41, 5.74) is 7.79. The van der Waals surface area contributed by atoms with E-state index in [1.54, 1.807) is 0 Å². The van der Waals surface area contributed by atoms with Gasteiger partial charge in [0.25, 0.3) is 0 Å². The Morgan fingerprint density at radius 2 is 2.27 bits per heavy atom. The molecule has 1 rings (SSSR count). The van der Waals surface area contributed by atoms with E-state index in [1.165, 1.54) is 3.57 Å². The number of nitrogens with one attached hydrogen (secondary N) is 1. The first kappa shape index (κ1) is 13.0. The van der Waals surface area contributed by atoms with Crippen molar-refractivity contribution in [3.05, 3.63) is 21.8 Å². The first-order valence-corrected chi connectivity index (χ1v) is 7.26. The van der Waals surface area contributed by atoms with Crippen molar-refractivity contribution < 1.29 is 0 Å². The summed E-state index contributed by atoms with van der Waals surface area (Å²) in [5, 5.41) is 3.42. The molecule has 4 heteroatoms. The summed E-state index contributed by atoms with van der Waals surface area (Å²) in [4.78, 5) is 0. The first-order chi connectivity index (χ1) is 7.13. The van der Waals surface area contributed by atoms with Gasteiger partial charge >= 0.3 is 0 Å². The monoisotopic (exact) mass is 336 g/mol. The van der Waals surface area contributed by atoms with Crippen molar-refractivity contribution in [2.24, 2.45) is 0 Å². The van der Waals surface area contributed by atoms with Gasteiger partial charge in [-0.15, -0.1) is 0 Å². The molecule has 3 N–H and O–H groups in total. The predicted molar refractivity (Wildman–Crippen MR) is 79.7 cm³/mol. The van der Waals surface area contributed by atoms with Gasteiger partial charge in [0.2, 0.25) is 0 Å². The summed E-state index contributed by atoms with van der Waals surface area (Å²) < 4.78 is 1.17. The first-order valence-electron chi connectivity index (χ1n) is 5.02. The molecule has 15 heavy (non-hydrogen) atoms. The summed E-state index contributed by atoms with van der Waals surface area (Å²) in [6.45, 7) is 4.36. The number of nitrogen functional groups attached to an aromatic ring is 1. The van der Waals surface area contributed by atoms with Crippen LogP contribution >= 0.6 is 34.4 Å². The topological polar surface area (TPSA) is 38.0 Å². The molecule has 0 aliphatic heterocycles. The molecular weight excluding hydrogens is 319 g/mol. The van der Waals surface area contributed by atoms with Crippen molar-refractivity contribution in [2.75, 3.05) is 22.6 Å². The Balaban J connectivity index is 2.56. The lowest BCUT2D eigenvalue weighted by atomic mass is 10.2. The van der Waals surface area contributed by atoms with E-state index in [-0.39, 0.29) is 0 Å². The van der Waals surface area contributed by atoms with Crippen molar-refractivity contribution in [1.82, 2.24) is 0 Å². The summed E-state index contributed by atoms with van der Waals surface area (Å²) in [6.07, 6.45) is 0. The quantitative estimate of drug-likeness (QED) is 0.639. The highest BCUT2D eigenvalue weighted by molar-refractivity contribution is 14.1. The van der Waals surface area contributed by atoms with Crippen LogP contribution in [-0.2, 0) is 0 Å². The Labute approximate surface area is 110 Å². The maximum atomic E-state index is 5.92. The molecule has 0 fully saturated rings. The van der Waals surface area contributed by atoms with Gasteiger partial charge in [0.1, 0.15) is 0 Å². The number of hydrogen-bond acceptors (Lipinski definition) is 3. The van der Waals surface area contributed by atoms with Crippen LogP contribution in [0.15, 0.2) is 18.2 Å². The largest absolute Gasteiger partial charge is 0.397 e. The molecule has 0 aliphatic rings. The zero-order valence-corrected chi connectivity index (χ0v) is 12.1. The van der Waals surface area contributed by atoms with E-state index in [4.69, 9.17) is 5.73 Å². The lowest BCUT2D eigenvalue weighted by molar-refractivity contribution is 0.914. The van der Waals surface area contributed by atoms with Crippen LogP contribution in [0.2, 0.25) is 0 Å². The molecule has 0 heterocycles. The minimum Gasteiger partial charge on any atom is -0.397 e. The third-order valence-electron chi connectivity index (χ3n) is 1.99. The highest BCUT2D eigenvalue weighted by Crippen LogP contribution is 2.22. The van der Waals surface area contributed by atoms with Crippen molar-refractivity contribution in [3.8, 4) is 0 Å². The maximum Gasteiger partial charge on any atom is 0.0576 e. The van der Waals surface area contributed by atoms with Gasteiger partial charge in [-0.1, -0.05) is 6.92 Å². The van der Waals surface area contributed by atoms with E-state index in [0.29, 0.717) is 6.04 Å². The Kier molecular flexibility index (Phi) is 5.60. The predicted octanol–water partition coefficient (Wildman–Crippen LogP) is 3.43. The molecule has 0 amide bonds. The maximum absolute atomic E-state index is 5.92. The zero-order valence-electron chi connectivity index (χ0n) is 9.09. The SMILES string of the molecule is CCSCC(C)Nc1ccc(I)cc1N. The number of anilines is 2. The minimum atomic E-state index is 0.456. The van der Waals surface area contributed by atoms with Gasteiger partial charge in [-0.25, -0.2) is 0 Å². The lowest BCUT2D eigenvalue weighted by Gasteiger charge is -2.16. The minimum absolute atomic E-state index is 0.456. The van der Waals surface area contributed by atoms with Crippen LogP contribution in [0.25, 0.3) is 0 Å². The highest BCUT2D eigenvalue weighted by Gasteiger charge is 2.04. The molecule has 1 atom stereocenters. The fraction of sp³-hybridized carbons (Fsp3) is 0.455. The third-order valence-corrected chi connectivity index (χ3v) is 3.80. The number of nitrogens with two attached hydrogens (primary N) is 1. The van der Waals surface area contributed by atoms with E-state index in [9.17, 15) is 0 Å². The van der Waals surface area contributed by atoms with Gasteiger partial charge < -0.3 is 11.1 Å². The molecule has 0 spiro atoms. The number of halogens is 1. The molecule has 0 saturated heterocycles. The fourth-order valence-corrected chi connectivity index (χ4v) is 2.45. The van der Waals surface area contributed by atoms with E-state index in [1.807, 2.05) is 23.9 Å². The second-order valence-corrected chi connectivity index (χ2v) is 6.00. The summed E-state index contributed by atoms with van der Waals surface area (Å²) in [7, 11) is 0. The van der Waals surface area contributed by atoms with E-state index < -0.39 is 0 Å². The Hall–Kier alpha value is -0.100. The normalized spacial score (nSPS) is 12.5. The van der Waals surface area contributed by atoms with E-state index in [2.05, 4.69) is 47.8 Å². The van der Waals surface area contributed by atoms with Crippen LogP contribution in [0.4, 0.5) is 11.4 Å². The van der Waals surface area contributed by atoms with Gasteiger partial charge in [0.15, 0.2) is 0 Å². The lowest BCUT2D eigenvalue weighted by Crippen LogP contribution is -2.18. The fourth-order valence-electron chi connectivity index (χ4n) is 1.27. The van der Waals surface area contributed by atoms with Crippen molar-refractivity contribution >= 4 is 45.7 Å². The van der Waals surface area contributed by atoms with Gasteiger partial charge in [-0.3, -0.25) is 0 Å². The molecule has 0 aliphatic carbocycles. The summed E-state index contributed by atoms with van der Waals surface area (Å²) >= 11 is 4.21. The number of hydrogen-bond donors (Lipinski definition) is 2. The van der Waals surface area contributed by atoms with Crippen molar-refractivity contribution in [1.29, 1.82) is 0 Å². The van der Waals surface area contributed by atoms with Gasteiger partial charge in [-0.05, 0) is 53.5 Å². The zero-order chi connectivity index (χ0) is 11.3. The van der Waals surface area contributed by atoms with Gasteiger partial charge in [0.05, 0.1) is 11.4 Å². The van der Waals surface area contributed by atoms with Gasteiger partial charge in [-0.2, -0.15) is 11.8 Å². The Morgan fingerprint density at radius 3 is 2.87 bits per heavy atom. The Bertz CT molecular complexity index is 317. The summed E-state index contributed by atoms with van der Waals surface area (Å²) in [5.74, 6) is 2.27. The molecule has 84 valence electrons. The molecule has 2 nitrogen and oxygen atoms in total. The van der Waals surface area contributed by atoms with Crippen LogP contribution in [0.3, 0.4) is 0 Å². The van der Waals surface area contributed by atoms with Crippen LogP contribution in [0, 0.1) is 3.57 Å². The molecular formula is C11H17IN2S. The van der Waals surface area contributed by atoms with Gasteiger partial charge in [0, 0.05) is 15.4 Å². The highest BCUT2D eigenvalue weighted by atomic mass is 127.